The summed E-state index contributed by atoms with van der Waals surface area (Å²) in [5.41, 5.74) is 5.91. The fourth-order valence-electron chi connectivity index (χ4n) is 1.39. The molecule has 1 aromatic carbocycles. The van der Waals surface area contributed by atoms with Gasteiger partial charge in [0.2, 0.25) is 0 Å². The van der Waals surface area contributed by atoms with Crippen molar-refractivity contribution in [2.75, 3.05) is 6.54 Å². The van der Waals surface area contributed by atoms with Crippen LogP contribution in [0.2, 0.25) is 0 Å². The Morgan fingerprint density at radius 3 is 2.94 bits per heavy atom. The molecule has 0 amide bonds. The zero-order valence-corrected chi connectivity index (χ0v) is 11.4. The number of aryl methyl sites for hydroxylation is 1. The molecule has 0 aliphatic heterocycles. The van der Waals surface area contributed by atoms with E-state index in [2.05, 4.69) is 26.1 Å². The van der Waals surface area contributed by atoms with Crippen molar-refractivity contribution < 1.29 is 4.39 Å². The third-order valence-corrected chi connectivity index (χ3v) is 3.87. The number of nitrogens with zero attached hydrogens (tertiary/aromatic N) is 2. The van der Waals surface area contributed by atoms with Gasteiger partial charge in [0.15, 0.2) is 5.01 Å². The molecule has 0 aliphatic rings. The zero-order chi connectivity index (χ0) is 12.3. The third-order valence-electron chi connectivity index (χ3n) is 2.24. The van der Waals surface area contributed by atoms with Gasteiger partial charge in [-0.25, -0.2) is 4.39 Å². The predicted molar refractivity (Wildman–Crippen MR) is 70.4 cm³/mol. The summed E-state index contributed by atoms with van der Waals surface area (Å²) in [5, 5.41) is 9.54. The molecular formula is C11H11BrFN3S. The standard InChI is InChI=1S/C11H11BrFN3S/c12-8-4-1-3-7(10(8)13)11-16-15-9(17-11)5-2-6-14/h1,3-4H,2,5-6,14H2. The number of hydrogen-bond donors (Lipinski definition) is 1. The lowest BCUT2D eigenvalue weighted by atomic mass is 10.2. The number of benzene rings is 1. The molecule has 0 bridgehead atoms. The number of nitrogens with two attached hydrogens (primary N) is 1. The van der Waals surface area contributed by atoms with Gasteiger partial charge in [0.05, 0.1) is 4.47 Å². The van der Waals surface area contributed by atoms with Crippen molar-refractivity contribution in [3.05, 3.63) is 33.5 Å². The van der Waals surface area contributed by atoms with E-state index in [9.17, 15) is 4.39 Å². The van der Waals surface area contributed by atoms with Gasteiger partial charge in [0, 0.05) is 12.0 Å². The summed E-state index contributed by atoms with van der Waals surface area (Å²) in [6.07, 6.45) is 1.67. The Morgan fingerprint density at radius 2 is 2.18 bits per heavy atom. The highest BCUT2D eigenvalue weighted by molar-refractivity contribution is 9.10. The van der Waals surface area contributed by atoms with E-state index in [1.807, 2.05) is 0 Å². The van der Waals surface area contributed by atoms with Crippen molar-refractivity contribution >= 4 is 27.3 Å². The zero-order valence-electron chi connectivity index (χ0n) is 8.99. The highest BCUT2D eigenvalue weighted by Crippen LogP contribution is 2.30. The third kappa shape index (κ3) is 2.88. The Kier molecular flexibility index (Phi) is 4.20. The van der Waals surface area contributed by atoms with Crippen molar-refractivity contribution in [1.82, 2.24) is 10.2 Å². The summed E-state index contributed by atoms with van der Waals surface area (Å²) in [4.78, 5) is 0. The average Bonchev–Trinajstić information content (AvgIpc) is 2.78. The number of aromatic nitrogens is 2. The highest BCUT2D eigenvalue weighted by atomic mass is 79.9. The molecule has 0 fully saturated rings. The van der Waals surface area contributed by atoms with Gasteiger partial charge in [-0.15, -0.1) is 10.2 Å². The second-order valence-corrected chi connectivity index (χ2v) is 5.41. The van der Waals surface area contributed by atoms with Crippen LogP contribution in [-0.2, 0) is 6.42 Å². The molecule has 0 saturated heterocycles. The molecule has 0 unspecified atom stereocenters. The van der Waals surface area contributed by atoms with Crippen molar-refractivity contribution in [3.63, 3.8) is 0 Å². The second-order valence-electron chi connectivity index (χ2n) is 3.49. The summed E-state index contributed by atoms with van der Waals surface area (Å²) < 4.78 is 14.3. The Labute approximate surface area is 111 Å². The summed E-state index contributed by atoms with van der Waals surface area (Å²) in [6.45, 7) is 0.625. The normalized spacial score (nSPS) is 10.8. The van der Waals surface area contributed by atoms with Crippen LogP contribution in [0.15, 0.2) is 22.7 Å². The first kappa shape index (κ1) is 12.6. The quantitative estimate of drug-likeness (QED) is 0.943. The molecule has 1 heterocycles. The van der Waals surface area contributed by atoms with Gasteiger partial charge >= 0.3 is 0 Å². The molecule has 2 rings (SSSR count). The first-order valence-electron chi connectivity index (χ1n) is 5.19. The summed E-state index contributed by atoms with van der Waals surface area (Å²) in [6, 6.07) is 5.14. The number of rotatable bonds is 4. The number of halogens is 2. The van der Waals surface area contributed by atoms with Crippen LogP contribution in [0.25, 0.3) is 10.6 Å². The number of hydrogen-bond acceptors (Lipinski definition) is 4. The maximum Gasteiger partial charge on any atom is 0.150 e. The molecule has 3 nitrogen and oxygen atoms in total. The monoisotopic (exact) mass is 315 g/mol. The lowest BCUT2D eigenvalue weighted by Gasteiger charge is -1.99. The van der Waals surface area contributed by atoms with Crippen molar-refractivity contribution in [3.8, 4) is 10.6 Å². The fraction of sp³-hybridized carbons (Fsp3) is 0.273. The van der Waals surface area contributed by atoms with Crippen LogP contribution in [0, 0.1) is 5.82 Å². The molecule has 0 spiro atoms. The summed E-state index contributed by atoms with van der Waals surface area (Å²) in [7, 11) is 0. The molecule has 0 aliphatic carbocycles. The SMILES string of the molecule is NCCCc1nnc(-c2cccc(Br)c2F)s1. The Balaban J connectivity index is 2.27. The van der Waals surface area contributed by atoms with Gasteiger partial charge in [0.1, 0.15) is 10.8 Å². The molecule has 90 valence electrons. The van der Waals surface area contributed by atoms with Crippen LogP contribution in [-0.4, -0.2) is 16.7 Å². The lowest BCUT2D eigenvalue weighted by molar-refractivity contribution is 0.624. The van der Waals surface area contributed by atoms with Crippen LogP contribution in [0.3, 0.4) is 0 Å². The van der Waals surface area contributed by atoms with Gasteiger partial charge in [-0.05, 0) is 41.0 Å². The van der Waals surface area contributed by atoms with E-state index >= 15 is 0 Å². The molecule has 2 N–H and O–H groups in total. The van der Waals surface area contributed by atoms with Crippen LogP contribution < -0.4 is 5.73 Å². The van der Waals surface area contributed by atoms with Gasteiger partial charge in [0.25, 0.3) is 0 Å². The Morgan fingerprint density at radius 1 is 1.35 bits per heavy atom. The average molecular weight is 316 g/mol. The maximum atomic E-state index is 13.8. The van der Waals surface area contributed by atoms with Crippen molar-refractivity contribution in [1.29, 1.82) is 0 Å². The maximum absolute atomic E-state index is 13.8. The van der Waals surface area contributed by atoms with E-state index in [0.717, 1.165) is 17.8 Å². The first-order valence-corrected chi connectivity index (χ1v) is 6.80. The van der Waals surface area contributed by atoms with E-state index in [1.165, 1.54) is 11.3 Å². The molecule has 0 saturated carbocycles. The Hall–Kier alpha value is -0.850. The predicted octanol–water partition coefficient (Wildman–Crippen LogP) is 3.00. The van der Waals surface area contributed by atoms with Gasteiger partial charge in [-0.1, -0.05) is 17.4 Å². The van der Waals surface area contributed by atoms with Gasteiger partial charge in [-0.2, -0.15) is 0 Å². The lowest BCUT2D eigenvalue weighted by Crippen LogP contribution is -1.99. The van der Waals surface area contributed by atoms with Crippen molar-refractivity contribution in [2.24, 2.45) is 5.73 Å². The van der Waals surface area contributed by atoms with Crippen LogP contribution in [0.5, 0.6) is 0 Å². The van der Waals surface area contributed by atoms with E-state index < -0.39 is 0 Å². The van der Waals surface area contributed by atoms with Gasteiger partial charge < -0.3 is 5.73 Å². The molecule has 1 aromatic heterocycles. The van der Waals surface area contributed by atoms with Crippen LogP contribution >= 0.6 is 27.3 Å². The van der Waals surface area contributed by atoms with Gasteiger partial charge in [-0.3, -0.25) is 0 Å². The van der Waals surface area contributed by atoms with E-state index in [0.29, 0.717) is 21.6 Å². The molecular weight excluding hydrogens is 305 g/mol. The van der Waals surface area contributed by atoms with E-state index in [1.54, 1.807) is 18.2 Å². The topological polar surface area (TPSA) is 51.8 Å². The molecule has 17 heavy (non-hydrogen) atoms. The minimum Gasteiger partial charge on any atom is -0.330 e. The molecule has 2 aromatic rings. The second kappa shape index (κ2) is 5.66. The highest BCUT2D eigenvalue weighted by Gasteiger charge is 2.12. The fourth-order valence-corrected chi connectivity index (χ4v) is 2.65. The molecule has 0 radical (unpaired) electrons. The largest absolute Gasteiger partial charge is 0.330 e. The summed E-state index contributed by atoms with van der Waals surface area (Å²) >= 11 is 4.57. The van der Waals surface area contributed by atoms with E-state index in [-0.39, 0.29) is 5.82 Å². The minimum atomic E-state index is -0.297. The van der Waals surface area contributed by atoms with E-state index in [4.69, 9.17) is 5.73 Å². The smallest absolute Gasteiger partial charge is 0.150 e. The molecule has 0 atom stereocenters. The van der Waals surface area contributed by atoms with Crippen LogP contribution in [0.4, 0.5) is 4.39 Å². The minimum absolute atomic E-state index is 0.297. The van der Waals surface area contributed by atoms with Crippen LogP contribution in [0.1, 0.15) is 11.4 Å². The Bertz CT molecular complexity index is 515. The molecule has 6 heteroatoms. The summed E-state index contributed by atoms with van der Waals surface area (Å²) in [5.74, 6) is -0.297. The first-order chi connectivity index (χ1) is 8.22. The van der Waals surface area contributed by atoms with Crippen molar-refractivity contribution in [2.45, 2.75) is 12.8 Å².